The van der Waals surface area contributed by atoms with E-state index in [1.54, 1.807) is 6.07 Å². The van der Waals surface area contributed by atoms with E-state index >= 15 is 0 Å². The summed E-state index contributed by atoms with van der Waals surface area (Å²) in [5, 5.41) is 0. The standard InChI is InChI=1S/C15H13FN2/c1-9-5-10(2)7-11(6-9)15-17-13-4-3-12(16)8-14(13)18-15/h3-8H,1-2H3,(H,17,18). The monoisotopic (exact) mass is 240 g/mol. The Balaban J connectivity index is 2.19. The lowest BCUT2D eigenvalue weighted by Gasteiger charge is -2.01. The molecule has 90 valence electrons. The molecule has 0 radical (unpaired) electrons. The summed E-state index contributed by atoms with van der Waals surface area (Å²) in [5.74, 6) is 0.528. The summed E-state index contributed by atoms with van der Waals surface area (Å²) < 4.78 is 13.1. The molecule has 0 saturated carbocycles. The smallest absolute Gasteiger partial charge is 0.138 e. The molecule has 1 N–H and O–H groups in total. The number of halogens is 1. The van der Waals surface area contributed by atoms with Crippen LogP contribution in [0.2, 0.25) is 0 Å². The molecule has 0 aliphatic heterocycles. The van der Waals surface area contributed by atoms with Gasteiger partial charge in [-0.05, 0) is 44.2 Å². The molecule has 3 heteroatoms. The van der Waals surface area contributed by atoms with Crippen molar-refractivity contribution in [3.05, 3.63) is 53.3 Å². The Morgan fingerprint density at radius 2 is 1.72 bits per heavy atom. The fourth-order valence-electron chi connectivity index (χ4n) is 2.23. The third kappa shape index (κ3) is 1.88. The zero-order valence-corrected chi connectivity index (χ0v) is 10.3. The number of nitrogens with one attached hydrogen (secondary N) is 1. The Bertz CT molecular complexity index is 708. The fraction of sp³-hybridized carbons (Fsp3) is 0.133. The molecule has 2 nitrogen and oxygen atoms in total. The maximum atomic E-state index is 13.1. The first-order chi connectivity index (χ1) is 8.61. The van der Waals surface area contributed by atoms with E-state index in [2.05, 4.69) is 42.0 Å². The van der Waals surface area contributed by atoms with E-state index in [-0.39, 0.29) is 5.82 Å². The van der Waals surface area contributed by atoms with Gasteiger partial charge in [-0.1, -0.05) is 17.2 Å². The van der Waals surface area contributed by atoms with E-state index in [0.717, 1.165) is 22.4 Å². The summed E-state index contributed by atoms with van der Waals surface area (Å²) in [4.78, 5) is 7.64. The SMILES string of the molecule is Cc1cc(C)cc(-c2nc3ccc(F)cc3[nH]2)c1. The Kier molecular flexibility index (Phi) is 2.40. The molecule has 0 unspecified atom stereocenters. The topological polar surface area (TPSA) is 28.7 Å². The van der Waals surface area contributed by atoms with E-state index in [1.165, 1.54) is 23.3 Å². The van der Waals surface area contributed by atoms with Gasteiger partial charge in [0.1, 0.15) is 11.6 Å². The van der Waals surface area contributed by atoms with Gasteiger partial charge in [0.25, 0.3) is 0 Å². The normalized spacial score (nSPS) is 11.1. The molecule has 0 spiro atoms. The average Bonchev–Trinajstić information content (AvgIpc) is 2.70. The number of hydrogen-bond acceptors (Lipinski definition) is 1. The maximum Gasteiger partial charge on any atom is 0.138 e. The Hall–Kier alpha value is -2.16. The first-order valence-corrected chi connectivity index (χ1v) is 5.86. The zero-order valence-electron chi connectivity index (χ0n) is 10.3. The van der Waals surface area contributed by atoms with E-state index in [9.17, 15) is 4.39 Å². The summed E-state index contributed by atoms with van der Waals surface area (Å²) in [6.07, 6.45) is 0. The predicted octanol–water partition coefficient (Wildman–Crippen LogP) is 3.99. The lowest BCUT2D eigenvalue weighted by molar-refractivity contribution is 0.629. The minimum absolute atomic E-state index is 0.252. The van der Waals surface area contributed by atoms with Gasteiger partial charge in [-0.15, -0.1) is 0 Å². The van der Waals surface area contributed by atoms with Crippen LogP contribution in [0.4, 0.5) is 4.39 Å². The maximum absolute atomic E-state index is 13.1. The third-order valence-corrected chi connectivity index (χ3v) is 2.94. The quantitative estimate of drug-likeness (QED) is 0.684. The number of imidazole rings is 1. The van der Waals surface area contributed by atoms with Crippen LogP contribution in [-0.4, -0.2) is 9.97 Å². The highest BCUT2D eigenvalue weighted by Crippen LogP contribution is 2.23. The molecule has 0 aliphatic rings. The number of aromatic nitrogens is 2. The van der Waals surface area contributed by atoms with E-state index in [0.29, 0.717) is 0 Å². The highest BCUT2D eigenvalue weighted by molar-refractivity contribution is 5.79. The van der Waals surface area contributed by atoms with Gasteiger partial charge < -0.3 is 4.98 Å². The Labute approximate surface area is 104 Å². The van der Waals surface area contributed by atoms with Crippen LogP contribution in [-0.2, 0) is 0 Å². The van der Waals surface area contributed by atoms with Crippen LogP contribution in [0.3, 0.4) is 0 Å². The highest BCUT2D eigenvalue weighted by atomic mass is 19.1. The van der Waals surface area contributed by atoms with Crippen molar-refractivity contribution in [2.75, 3.05) is 0 Å². The fourth-order valence-corrected chi connectivity index (χ4v) is 2.23. The Morgan fingerprint density at radius 3 is 2.44 bits per heavy atom. The molecule has 1 aromatic heterocycles. The van der Waals surface area contributed by atoms with Crippen molar-refractivity contribution in [2.24, 2.45) is 0 Å². The van der Waals surface area contributed by atoms with Crippen LogP contribution in [0.25, 0.3) is 22.4 Å². The molecule has 3 rings (SSSR count). The highest BCUT2D eigenvalue weighted by Gasteiger charge is 2.06. The first kappa shape index (κ1) is 11.0. The Morgan fingerprint density at radius 1 is 1.00 bits per heavy atom. The molecule has 0 saturated heterocycles. The second-order valence-corrected chi connectivity index (χ2v) is 4.62. The van der Waals surface area contributed by atoms with Crippen LogP contribution < -0.4 is 0 Å². The molecule has 0 atom stereocenters. The van der Waals surface area contributed by atoms with Gasteiger partial charge >= 0.3 is 0 Å². The molecule has 1 heterocycles. The van der Waals surface area contributed by atoms with Gasteiger partial charge in [-0.2, -0.15) is 0 Å². The van der Waals surface area contributed by atoms with Crippen molar-refractivity contribution in [2.45, 2.75) is 13.8 Å². The number of aromatic amines is 1. The van der Waals surface area contributed by atoms with Gasteiger partial charge in [0.05, 0.1) is 11.0 Å². The van der Waals surface area contributed by atoms with Crippen LogP contribution >= 0.6 is 0 Å². The van der Waals surface area contributed by atoms with Crippen LogP contribution in [0.15, 0.2) is 36.4 Å². The molecule has 0 amide bonds. The number of benzene rings is 2. The lowest BCUT2D eigenvalue weighted by atomic mass is 10.1. The number of aryl methyl sites for hydroxylation is 2. The molecule has 3 aromatic rings. The second-order valence-electron chi connectivity index (χ2n) is 4.62. The summed E-state index contributed by atoms with van der Waals surface area (Å²) in [6.45, 7) is 4.11. The molecule has 0 bridgehead atoms. The van der Waals surface area contributed by atoms with E-state index in [1.807, 2.05) is 0 Å². The van der Waals surface area contributed by atoms with Gasteiger partial charge in [-0.3, -0.25) is 0 Å². The lowest BCUT2D eigenvalue weighted by Crippen LogP contribution is -1.84. The van der Waals surface area contributed by atoms with Crippen LogP contribution in [0.1, 0.15) is 11.1 Å². The van der Waals surface area contributed by atoms with Gasteiger partial charge in [-0.25, -0.2) is 9.37 Å². The molecular weight excluding hydrogens is 227 g/mol. The van der Waals surface area contributed by atoms with Crippen molar-refractivity contribution in [3.63, 3.8) is 0 Å². The van der Waals surface area contributed by atoms with E-state index < -0.39 is 0 Å². The van der Waals surface area contributed by atoms with Crippen LogP contribution in [0, 0.1) is 19.7 Å². The van der Waals surface area contributed by atoms with Crippen molar-refractivity contribution < 1.29 is 4.39 Å². The average molecular weight is 240 g/mol. The second kappa shape index (κ2) is 3.95. The number of nitrogens with zero attached hydrogens (tertiary/aromatic N) is 1. The summed E-state index contributed by atoms with van der Waals surface area (Å²) in [5.41, 5.74) is 4.92. The number of hydrogen-bond donors (Lipinski definition) is 1. The van der Waals surface area contributed by atoms with Crippen molar-refractivity contribution in [1.82, 2.24) is 9.97 Å². The van der Waals surface area contributed by atoms with Crippen molar-refractivity contribution >= 4 is 11.0 Å². The summed E-state index contributed by atoms with van der Waals surface area (Å²) >= 11 is 0. The minimum atomic E-state index is -0.252. The largest absolute Gasteiger partial charge is 0.338 e. The van der Waals surface area contributed by atoms with Crippen LogP contribution in [0.5, 0.6) is 0 Å². The first-order valence-electron chi connectivity index (χ1n) is 5.86. The third-order valence-electron chi connectivity index (χ3n) is 2.94. The van der Waals surface area contributed by atoms with Gasteiger partial charge in [0.2, 0.25) is 0 Å². The number of rotatable bonds is 1. The molecule has 2 aromatic carbocycles. The van der Waals surface area contributed by atoms with Crippen molar-refractivity contribution in [1.29, 1.82) is 0 Å². The van der Waals surface area contributed by atoms with Crippen molar-refractivity contribution in [3.8, 4) is 11.4 Å². The predicted molar refractivity (Wildman–Crippen MR) is 71.0 cm³/mol. The molecule has 18 heavy (non-hydrogen) atoms. The minimum Gasteiger partial charge on any atom is -0.338 e. The summed E-state index contributed by atoms with van der Waals surface area (Å²) in [6, 6.07) is 10.8. The van der Waals surface area contributed by atoms with Gasteiger partial charge in [0.15, 0.2) is 0 Å². The summed E-state index contributed by atoms with van der Waals surface area (Å²) in [7, 11) is 0. The number of fused-ring (bicyclic) bond motifs is 1. The molecule has 0 fully saturated rings. The van der Waals surface area contributed by atoms with Gasteiger partial charge in [0, 0.05) is 5.56 Å². The molecule has 0 aliphatic carbocycles. The van der Waals surface area contributed by atoms with E-state index in [4.69, 9.17) is 0 Å². The number of H-pyrrole nitrogens is 1. The zero-order chi connectivity index (χ0) is 12.7. The molecular formula is C15H13FN2.